The van der Waals surface area contributed by atoms with E-state index >= 15 is 0 Å². The van der Waals surface area contributed by atoms with Gasteiger partial charge in [-0.15, -0.1) is 0 Å². The molecule has 1 aliphatic rings. The molecule has 1 atom stereocenters. The zero-order valence-corrected chi connectivity index (χ0v) is 16.8. The fourth-order valence-electron chi connectivity index (χ4n) is 3.52. The van der Waals surface area contributed by atoms with Gasteiger partial charge in [0.1, 0.15) is 18.2 Å². The Bertz CT molecular complexity index is 944. The molecule has 0 N–H and O–H groups in total. The summed E-state index contributed by atoms with van der Waals surface area (Å²) >= 11 is 0. The van der Waals surface area contributed by atoms with Crippen molar-refractivity contribution in [1.82, 2.24) is 34.6 Å². The van der Waals surface area contributed by atoms with Crippen LogP contribution < -0.4 is 4.90 Å². The molecule has 0 radical (unpaired) electrons. The highest BCUT2D eigenvalue weighted by atomic mass is 16.5. The number of anilines is 1. The van der Waals surface area contributed by atoms with Crippen molar-refractivity contribution in [3.63, 3.8) is 0 Å². The quantitative estimate of drug-likeness (QED) is 0.625. The van der Waals surface area contributed by atoms with Gasteiger partial charge in [-0.25, -0.2) is 4.98 Å². The number of aryl methyl sites for hydroxylation is 1. The van der Waals surface area contributed by atoms with Crippen LogP contribution >= 0.6 is 0 Å². The van der Waals surface area contributed by atoms with Gasteiger partial charge in [-0.2, -0.15) is 19.6 Å². The summed E-state index contributed by atoms with van der Waals surface area (Å²) < 4.78 is 12.8. The van der Waals surface area contributed by atoms with Crippen molar-refractivity contribution in [2.45, 2.75) is 40.3 Å². The van der Waals surface area contributed by atoms with E-state index in [1.54, 1.807) is 6.33 Å². The summed E-state index contributed by atoms with van der Waals surface area (Å²) in [5.41, 5.74) is 2.12. The smallest absolute Gasteiger partial charge is 0.254 e. The molecular formula is C18H26N8O2. The molecule has 3 aromatic rings. The van der Waals surface area contributed by atoms with Crippen LogP contribution in [0.3, 0.4) is 0 Å². The molecule has 1 unspecified atom stereocenters. The minimum Gasteiger partial charge on any atom is -0.371 e. The monoisotopic (exact) mass is 386 g/mol. The molecular weight excluding hydrogens is 360 g/mol. The molecule has 0 saturated carbocycles. The number of aromatic nitrogens is 6. The molecule has 10 nitrogen and oxygen atoms in total. The maximum Gasteiger partial charge on any atom is 0.254 e. The highest BCUT2D eigenvalue weighted by Gasteiger charge is 2.24. The van der Waals surface area contributed by atoms with Crippen LogP contribution in [0.2, 0.25) is 0 Å². The number of rotatable bonds is 6. The minimum absolute atomic E-state index is 0.151. The Labute approximate surface area is 163 Å². The first kappa shape index (κ1) is 18.8. The first-order valence-electron chi connectivity index (χ1n) is 9.65. The van der Waals surface area contributed by atoms with Crippen molar-refractivity contribution in [1.29, 1.82) is 0 Å². The first-order valence-corrected chi connectivity index (χ1v) is 9.65. The number of hydrogen-bond donors (Lipinski definition) is 0. The van der Waals surface area contributed by atoms with E-state index in [-0.39, 0.29) is 6.10 Å². The number of hydrogen-bond acceptors (Lipinski definition) is 9. The third-order valence-electron chi connectivity index (χ3n) is 5.17. The third-order valence-corrected chi connectivity index (χ3v) is 5.17. The number of nitrogens with zero attached hydrogens (tertiary/aromatic N) is 8. The van der Waals surface area contributed by atoms with Crippen LogP contribution in [0.1, 0.15) is 42.9 Å². The van der Waals surface area contributed by atoms with E-state index in [1.807, 2.05) is 25.3 Å². The molecule has 4 heterocycles. The molecule has 3 aromatic heterocycles. The maximum absolute atomic E-state index is 5.52. The maximum atomic E-state index is 5.52. The van der Waals surface area contributed by atoms with Crippen LogP contribution in [0.4, 0.5) is 5.82 Å². The topological polar surface area (TPSA) is 97.7 Å². The van der Waals surface area contributed by atoms with Gasteiger partial charge in [0.15, 0.2) is 5.82 Å². The van der Waals surface area contributed by atoms with Gasteiger partial charge in [0, 0.05) is 44.0 Å². The Kier molecular flexibility index (Phi) is 5.23. The summed E-state index contributed by atoms with van der Waals surface area (Å²) in [5, 5.41) is 8.40. The van der Waals surface area contributed by atoms with E-state index < -0.39 is 0 Å². The van der Waals surface area contributed by atoms with E-state index in [4.69, 9.17) is 9.26 Å². The van der Waals surface area contributed by atoms with E-state index in [0.29, 0.717) is 30.6 Å². The molecule has 1 fully saturated rings. The lowest BCUT2D eigenvalue weighted by molar-refractivity contribution is 0.0683. The van der Waals surface area contributed by atoms with Crippen LogP contribution in [0.15, 0.2) is 10.9 Å². The average Bonchev–Trinajstić information content (AvgIpc) is 3.33. The van der Waals surface area contributed by atoms with Crippen molar-refractivity contribution >= 4 is 11.6 Å². The van der Waals surface area contributed by atoms with Crippen LogP contribution in [-0.4, -0.2) is 67.4 Å². The van der Waals surface area contributed by atoms with E-state index in [9.17, 15) is 0 Å². The summed E-state index contributed by atoms with van der Waals surface area (Å²) in [6.45, 7) is 12.8. The zero-order valence-electron chi connectivity index (χ0n) is 16.8. The second-order valence-corrected chi connectivity index (χ2v) is 7.02. The van der Waals surface area contributed by atoms with Crippen molar-refractivity contribution < 1.29 is 9.26 Å². The summed E-state index contributed by atoms with van der Waals surface area (Å²) in [7, 11) is 0. The van der Waals surface area contributed by atoms with Gasteiger partial charge < -0.3 is 14.2 Å². The molecule has 0 aromatic carbocycles. The fraction of sp³-hybridized carbons (Fsp3) is 0.611. The Morgan fingerprint density at radius 3 is 2.71 bits per heavy atom. The Morgan fingerprint density at radius 1 is 1.18 bits per heavy atom. The number of piperazine rings is 1. The Balaban J connectivity index is 1.42. The lowest BCUT2D eigenvalue weighted by Gasteiger charge is -2.36. The summed E-state index contributed by atoms with van der Waals surface area (Å²) in [5.74, 6) is 2.95. The van der Waals surface area contributed by atoms with Crippen LogP contribution in [-0.2, 0) is 11.3 Å². The SMILES string of the molecule is CCOC(C)c1noc(CN2CCN(c3c(C)c(C)nc4ncnn34)CC2)n1. The number of ether oxygens (including phenoxy) is 1. The Morgan fingerprint density at radius 2 is 1.96 bits per heavy atom. The van der Waals surface area contributed by atoms with Crippen LogP contribution in [0.5, 0.6) is 0 Å². The van der Waals surface area contributed by atoms with Gasteiger partial charge >= 0.3 is 0 Å². The van der Waals surface area contributed by atoms with E-state index in [0.717, 1.165) is 43.3 Å². The molecule has 10 heteroatoms. The van der Waals surface area contributed by atoms with Crippen molar-refractivity contribution in [2.24, 2.45) is 0 Å². The van der Waals surface area contributed by atoms with Gasteiger partial charge in [-0.05, 0) is 27.7 Å². The number of fused-ring (bicyclic) bond motifs is 1. The van der Waals surface area contributed by atoms with Crippen molar-refractivity contribution in [2.75, 3.05) is 37.7 Å². The van der Waals surface area contributed by atoms with Gasteiger partial charge in [0.2, 0.25) is 5.89 Å². The Hall–Kier alpha value is -2.59. The highest BCUT2D eigenvalue weighted by Crippen LogP contribution is 2.24. The summed E-state index contributed by atoms with van der Waals surface area (Å²) in [6, 6.07) is 0. The average molecular weight is 386 g/mol. The lowest BCUT2D eigenvalue weighted by atomic mass is 10.2. The molecule has 4 rings (SSSR count). The van der Waals surface area contributed by atoms with Gasteiger partial charge in [-0.3, -0.25) is 4.90 Å². The van der Waals surface area contributed by atoms with Gasteiger partial charge in [0.05, 0.1) is 6.54 Å². The second-order valence-electron chi connectivity index (χ2n) is 7.02. The minimum atomic E-state index is -0.151. The van der Waals surface area contributed by atoms with Crippen LogP contribution in [0, 0.1) is 13.8 Å². The molecule has 150 valence electrons. The van der Waals surface area contributed by atoms with Crippen molar-refractivity contribution in [3.8, 4) is 0 Å². The fourth-order valence-corrected chi connectivity index (χ4v) is 3.52. The van der Waals surface area contributed by atoms with E-state index in [1.165, 1.54) is 0 Å². The molecule has 1 aliphatic heterocycles. The molecule has 28 heavy (non-hydrogen) atoms. The predicted octanol–water partition coefficient (Wildman–Crippen LogP) is 1.54. The van der Waals surface area contributed by atoms with Crippen LogP contribution in [0.25, 0.3) is 5.78 Å². The molecule has 0 amide bonds. The summed E-state index contributed by atoms with van der Waals surface area (Å²) in [6.07, 6.45) is 1.40. The van der Waals surface area contributed by atoms with Crippen molar-refractivity contribution in [3.05, 3.63) is 29.3 Å². The lowest BCUT2D eigenvalue weighted by Crippen LogP contribution is -2.47. The molecule has 0 bridgehead atoms. The molecule has 0 aliphatic carbocycles. The van der Waals surface area contributed by atoms with Gasteiger partial charge in [-0.1, -0.05) is 5.16 Å². The first-order chi connectivity index (χ1) is 13.6. The third kappa shape index (κ3) is 3.57. The standard InChI is InChI=1S/C18H26N8O2/c1-5-27-14(4)16-22-15(28-23-16)10-24-6-8-25(9-7-24)17-12(2)13(3)21-18-19-11-20-26(17)18/h11,14H,5-10H2,1-4H3. The predicted molar refractivity (Wildman–Crippen MR) is 102 cm³/mol. The van der Waals surface area contributed by atoms with E-state index in [2.05, 4.69) is 41.9 Å². The normalized spacial score (nSPS) is 16.8. The molecule has 1 saturated heterocycles. The largest absolute Gasteiger partial charge is 0.371 e. The second kappa shape index (κ2) is 7.80. The zero-order chi connectivity index (χ0) is 19.7. The molecule has 0 spiro atoms. The summed E-state index contributed by atoms with van der Waals surface area (Å²) in [4.78, 5) is 17.9. The highest BCUT2D eigenvalue weighted by molar-refractivity contribution is 5.54. The van der Waals surface area contributed by atoms with Gasteiger partial charge in [0.25, 0.3) is 5.78 Å².